The minimum absolute atomic E-state index is 0.0270. The molecule has 1 aliphatic rings. The number of amides is 1. The summed E-state index contributed by atoms with van der Waals surface area (Å²) in [6.07, 6.45) is 11.6. The molecule has 1 saturated carbocycles. The quantitative estimate of drug-likeness (QED) is 0.937. The first kappa shape index (κ1) is 16.7. The number of rotatable bonds is 3. The van der Waals surface area contributed by atoms with Gasteiger partial charge in [0.15, 0.2) is 0 Å². The number of pyridine rings is 1. The molecule has 0 aromatic carbocycles. The van der Waals surface area contributed by atoms with E-state index in [1.54, 1.807) is 18.7 Å². The van der Waals surface area contributed by atoms with E-state index in [-0.39, 0.29) is 17.4 Å². The molecule has 5 heteroatoms. The minimum Gasteiger partial charge on any atom is -0.349 e. The second-order valence-electron chi connectivity index (χ2n) is 7.71. The van der Waals surface area contributed by atoms with Gasteiger partial charge >= 0.3 is 0 Å². The molecule has 0 spiro atoms. The molecule has 5 nitrogen and oxygen atoms in total. The lowest BCUT2D eigenvalue weighted by Crippen LogP contribution is -2.46. The number of hydrogen-bond acceptors (Lipinski definition) is 3. The summed E-state index contributed by atoms with van der Waals surface area (Å²) in [6, 6.07) is 3.92. The predicted octanol–water partition coefficient (Wildman–Crippen LogP) is 3.60. The Labute approximate surface area is 143 Å². The van der Waals surface area contributed by atoms with Crippen LogP contribution in [0.3, 0.4) is 0 Å². The van der Waals surface area contributed by atoms with Gasteiger partial charge in [-0.1, -0.05) is 33.6 Å². The maximum Gasteiger partial charge on any atom is 0.253 e. The molecule has 24 heavy (non-hydrogen) atoms. The van der Waals surface area contributed by atoms with Gasteiger partial charge in [0.1, 0.15) is 12.1 Å². The summed E-state index contributed by atoms with van der Waals surface area (Å²) < 4.78 is 1.82. The van der Waals surface area contributed by atoms with Crippen molar-refractivity contribution in [3.05, 3.63) is 42.6 Å². The molecule has 2 heterocycles. The van der Waals surface area contributed by atoms with Crippen LogP contribution >= 0.6 is 0 Å². The summed E-state index contributed by atoms with van der Waals surface area (Å²) in [4.78, 5) is 21.0. The fraction of sp³-hybridized carbons (Fsp3) is 0.526. The molecule has 0 radical (unpaired) electrons. The van der Waals surface area contributed by atoms with Crippen molar-refractivity contribution in [2.45, 2.75) is 52.5 Å². The van der Waals surface area contributed by atoms with Gasteiger partial charge in [0.2, 0.25) is 0 Å². The van der Waals surface area contributed by atoms with Crippen LogP contribution in [0, 0.1) is 11.3 Å². The van der Waals surface area contributed by atoms with Gasteiger partial charge in [-0.2, -0.15) is 0 Å². The van der Waals surface area contributed by atoms with E-state index in [0.717, 1.165) is 12.2 Å². The van der Waals surface area contributed by atoms with Crippen LogP contribution in [0.4, 0.5) is 0 Å². The Morgan fingerprint density at radius 2 is 2.04 bits per heavy atom. The van der Waals surface area contributed by atoms with Crippen molar-refractivity contribution in [1.82, 2.24) is 19.9 Å². The number of carbonyl (C=O) groups is 1. The number of imidazole rings is 1. The predicted molar refractivity (Wildman–Crippen MR) is 94.0 cm³/mol. The van der Waals surface area contributed by atoms with Crippen molar-refractivity contribution in [3.63, 3.8) is 0 Å². The van der Waals surface area contributed by atoms with Crippen LogP contribution < -0.4 is 5.32 Å². The van der Waals surface area contributed by atoms with Crippen LogP contribution in [0.15, 0.2) is 37.1 Å². The molecule has 128 valence electrons. The van der Waals surface area contributed by atoms with Crippen LogP contribution in [0.25, 0.3) is 5.82 Å². The van der Waals surface area contributed by atoms with Crippen molar-refractivity contribution in [2.24, 2.45) is 11.3 Å². The Kier molecular flexibility index (Phi) is 4.69. The van der Waals surface area contributed by atoms with Crippen molar-refractivity contribution >= 4 is 5.91 Å². The summed E-state index contributed by atoms with van der Waals surface area (Å²) in [5.41, 5.74) is 0.819. The van der Waals surface area contributed by atoms with Gasteiger partial charge in [-0.3, -0.25) is 9.36 Å². The summed E-state index contributed by atoms with van der Waals surface area (Å²) >= 11 is 0. The smallest absolute Gasteiger partial charge is 0.253 e. The van der Waals surface area contributed by atoms with Crippen LogP contribution in [0.5, 0.6) is 0 Å². The van der Waals surface area contributed by atoms with Crippen LogP contribution in [-0.2, 0) is 0 Å². The van der Waals surface area contributed by atoms with Crippen molar-refractivity contribution in [2.75, 3.05) is 0 Å². The number of aromatic nitrogens is 3. The van der Waals surface area contributed by atoms with E-state index in [1.165, 1.54) is 19.3 Å². The molecular formula is C19H26N4O. The van der Waals surface area contributed by atoms with Crippen molar-refractivity contribution in [1.29, 1.82) is 0 Å². The molecule has 1 aliphatic carbocycles. The minimum atomic E-state index is -0.0270. The first-order valence-corrected chi connectivity index (χ1v) is 8.70. The van der Waals surface area contributed by atoms with Gasteiger partial charge in [0.05, 0.1) is 5.56 Å². The highest BCUT2D eigenvalue weighted by molar-refractivity contribution is 5.94. The van der Waals surface area contributed by atoms with Crippen molar-refractivity contribution in [3.8, 4) is 5.82 Å². The third-order valence-electron chi connectivity index (χ3n) is 4.97. The number of carbonyl (C=O) groups excluding carboxylic acids is 1. The Morgan fingerprint density at radius 3 is 2.67 bits per heavy atom. The van der Waals surface area contributed by atoms with Gasteiger partial charge < -0.3 is 5.32 Å². The van der Waals surface area contributed by atoms with Gasteiger partial charge in [-0.05, 0) is 36.3 Å². The average Bonchev–Trinajstić information content (AvgIpc) is 3.09. The molecule has 1 fully saturated rings. The van der Waals surface area contributed by atoms with E-state index in [9.17, 15) is 4.79 Å². The Morgan fingerprint density at radius 1 is 1.25 bits per heavy atom. The zero-order valence-corrected chi connectivity index (χ0v) is 14.7. The highest BCUT2D eigenvalue weighted by atomic mass is 16.1. The fourth-order valence-corrected chi connectivity index (χ4v) is 3.66. The number of hydrogen-bond donors (Lipinski definition) is 1. The third kappa shape index (κ3) is 3.66. The van der Waals surface area contributed by atoms with Crippen LogP contribution in [0.1, 0.15) is 56.8 Å². The van der Waals surface area contributed by atoms with E-state index >= 15 is 0 Å². The summed E-state index contributed by atoms with van der Waals surface area (Å²) in [6.45, 7) is 6.80. The molecule has 2 unspecified atom stereocenters. The summed E-state index contributed by atoms with van der Waals surface area (Å²) in [5.74, 6) is 1.25. The zero-order chi connectivity index (χ0) is 17.2. The summed E-state index contributed by atoms with van der Waals surface area (Å²) in [7, 11) is 0. The molecule has 2 atom stereocenters. The van der Waals surface area contributed by atoms with E-state index in [2.05, 4.69) is 36.1 Å². The van der Waals surface area contributed by atoms with E-state index in [1.807, 2.05) is 22.9 Å². The lowest BCUT2D eigenvalue weighted by atomic mass is 9.69. The molecule has 1 N–H and O–H groups in total. The van der Waals surface area contributed by atoms with Gasteiger partial charge in [-0.15, -0.1) is 0 Å². The number of nitrogens with one attached hydrogen (secondary N) is 1. The van der Waals surface area contributed by atoms with E-state index in [0.29, 0.717) is 11.5 Å². The standard InChI is InChI=1S/C19H26N4O/c1-19(2,3)15-6-4-5-7-16(15)22-18(24)14-8-9-17(21-12-14)23-11-10-20-13-23/h8-13,15-16H,4-7H2,1-3H3,(H,22,24). The highest BCUT2D eigenvalue weighted by Gasteiger charge is 2.35. The lowest BCUT2D eigenvalue weighted by molar-refractivity contribution is 0.0829. The Balaban J connectivity index is 1.70. The fourth-order valence-electron chi connectivity index (χ4n) is 3.66. The first-order chi connectivity index (χ1) is 11.4. The molecular weight excluding hydrogens is 300 g/mol. The molecule has 1 amide bonds. The van der Waals surface area contributed by atoms with Crippen LogP contribution in [-0.4, -0.2) is 26.5 Å². The second kappa shape index (κ2) is 6.75. The van der Waals surface area contributed by atoms with Gasteiger partial charge in [-0.25, -0.2) is 9.97 Å². The molecule has 2 aromatic heterocycles. The Hall–Kier alpha value is -2.17. The molecule has 0 aliphatic heterocycles. The molecule has 2 aromatic rings. The van der Waals surface area contributed by atoms with E-state index < -0.39 is 0 Å². The lowest BCUT2D eigenvalue weighted by Gasteiger charge is -2.40. The largest absolute Gasteiger partial charge is 0.349 e. The molecule has 3 rings (SSSR count). The molecule has 0 bridgehead atoms. The van der Waals surface area contributed by atoms with Gasteiger partial charge in [0.25, 0.3) is 5.91 Å². The maximum absolute atomic E-state index is 12.6. The third-order valence-corrected chi connectivity index (χ3v) is 4.97. The van der Waals surface area contributed by atoms with Crippen LogP contribution in [0.2, 0.25) is 0 Å². The molecule has 0 saturated heterocycles. The normalized spacial score (nSPS) is 21.5. The SMILES string of the molecule is CC(C)(C)C1CCCCC1NC(=O)c1ccc(-n2ccnc2)nc1. The van der Waals surface area contributed by atoms with Gasteiger partial charge in [0, 0.05) is 24.6 Å². The van der Waals surface area contributed by atoms with Crippen molar-refractivity contribution < 1.29 is 4.79 Å². The topological polar surface area (TPSA) is 59.8 Å². The average molecular weight is 326 g/mol. The number of nitrogens with zero attached hydrogens (tertiary/aromatic N) is 3. The maximum atomic E-state index is 12.6. The monoisotopic (exact) mass is 326 g/mol. The highest BCUT2D eigenvalue weighted by Crippen LogP contribution is 2.38. The second-order valence-corrected chi connectivity index (χ2v) is 7.71. The Bertz CT molecular complexity index is 670. The first-order valence-electron chi connectivity index (χ1n) is 8.70. The van der Waals surface area contributed by atoms with E-state index in [4.69, 9.17) is 0 Å². The zero-order valence-electron chi connectivity index (χ0n) is 14.7. The summed E-state index contributed by atoms with van der Waals surface area (Å²) in [5, 5.41) is 3.25.